The molecular weight excluding hydrogens is 325 g/mol. The number of alkyl halides is 3. The molecule has 0 spiro atoms. The quantitative estimate of drug-likeness (QED) is 0.751. The normalized spacial score (nSPS) is 21.8. The molecule has 0 radical (unpaired) electrons. The second kappa shape index (κ2) is 6.31. The monoisotopic (exact) mass is 342 g/mol. The summed E-state index contributed by atoms with van der Waals surface area (Å²) in [7, 11) is 0. The molecule has 2 heterocycles. The van der Waals surface area contributed by atoms with Gasteiger partial charge in [0.05, 0.1) is 11.7 Å². The average Bonchev–Trinajstić information content (AvgIpc) is 2.54. The maximum Gasteiger partial charge on any atom is 0.418 e. The molecule has 6 nitrogen and oxygen atoms in total. The number of benzene rings is 1. The Balaban J connectivity index is 1.97. The summed E-state index contributed by atoms with van der Waals surface area (Å²) >= 11 is 0. The second-order valence-electron chi connectivity index (χ2n) is 5.81. The van der Waals surface area contributed by atoms with E-state index in [4.69, 9.17) is 0 Å². The molecule has 1 aromatic carbocycles. The number of amides is 1. The molecule has 9 heteroatoms. The van der Waals surface area contributed by atoms with E-state index in [0.29, 0.717) is 19.4 Å². The molecule has 1 saturated heterocycles. The summed E-state index contributed by atoms with van der Waals surface area (Å²) in [6.45, 7) is 0.510. The number of hydrazine groups is 1. The number of aliphatic hydroxyl groups excluding tert-OH is 1. The Kier molecular flexibility index (Phi) is 4.35. The number of anilines is 1. The van der Waals surface area contributed by atoms with Gasteiger partial charge in [-0.15, -0.1) is 0 Å². The number of hydrogen-bond donors (Lipinski definition) is 3. The van der Waals surface area contributed by atoms with Crippen LogP contribution in [0, 0.1) is 0 Å². The van der Waals surface area contributed by atoms with E-state index >= 15 is 0 Å². The van der Waals surface area contributed by atoms with Gasteiger partial charge in [0.1, 0.15) is 12.4 Å². The summed E-state index contributed by atoms with van der Waals surface area (Å²) in [5.41, 5.74) is 4.33. The van der Waals surface area contributed by atoms with E-state index in [1.54, 1.807) is 4.90 Å². The maximum atomic E-state index is 13.5. The molecule has 3 rings (SSSR count). The lowest BCUT2D eigenvalue weighted by Gasteiger charge is -2.34. The molecule has 0 unspecified atom stereocenters. The first-order valence-corrected chi connectivity index (χ1v) is 7.58. The fourth-order valence-corrected chi connectivity index (χ4v) is 2.88. The molecule has 0 bridgehead atoms. The first-order valence-electron chi connectivity index (χ1n) is 7.58. The molecular formula is C15H17F3N4O2. The number of rotatable bonds is 2. The predicted molar refractivity (Wildman–Crippen MR) is 81.6 cm³/mol. The Bertz CT molecular complexity index is 675. The van der Waals surface area contributed by atoms with E-state index in [1.165, 1.54) is 12.1 Å². The van der Waals surface area contributed by atoms with Gasteiger partial charge in [0.2, 0.25) is 0 Å². The minimum absolute atomic E-state index is 0.0467. The van der Waals surface area contributed by atoms with Gasteiger partial charge in [-0.3, -0.25) is 20.6 Å². The highest BCUT2D eigenvalue weighted by atomic mass is 19.4. The summed E-state index contributed by atoms with van der Waals surface area (Å²) < 4.78 is 40.5. The van der Waals surface area contributed by atoms with Crippen molar-refractivity contribution in [2.75, 3.05) is 24.5 Å². The van der Waals surface area contributed by atoms with Crippen molar-refractivity contribution in [3.05, 3.63) is 29.3 Å². The van der Waals surface area contributed by atoms with E-state index in [-0.39, 0.29) is 36.1 Å². The molecule has 24 heavy (non-hydrogen) atoms. The van der Waals surface area contributed by atoms with Gasteiger partial charge in [-0.05, 0) is 31.0 Å². The Morgan fingerprint density at radius 2 is 2.08 bits per heavy atom. The van der Waals surface area contributed by atoms with Gasteiger partial charge < -0.3 is 10.0 Å². The van der Waals surface area contributed by atoms with Crippen molar-refractivity contribution in [2.24, 2.45) is 4.99 Å². The SMILES string of the molecule is O=C1CN=C(c2ccc(N3CCC[C@@H](O)C3)c(C(F)(F)F)c2)NN1. The van der Waals surface area contributed by atoms with Crippen LogP contribution in [0.2, 0.25) is 0 Å². The average molecular weight is 342 g/mol. The van der Waals surface area contributed by atoms with Crippen LogP contribution in [-0.2, 0) is 11.0 Å². The van der Waals surface area contributed by atoms with Crippen molar-refractivity contribution in [3.63, 3.8) is 0 Å². The van der Waals surface area contributed by atoms with Crippen LogP contribution in [0.15, 0.2) is 23.2 Å². The molecule has 0 aliphatic carbocycles. The largest absolute Gasteiger partial charge is 0.418 e. The van der Waals surface area contributed by atoms with Gasteiger partial charge in [-0.2, -0.15) is 13.2 Å². The molecule has 2 aliphatic rings. The van der Waals surface area contributed by atoms with Gasteiger partial charge in [-0.1, -0.05) is 0 Å². The number of carbonyl (C=O) groups excluding carboxylic acids is 1. The predicted octanol–water partition coefficient (Wildman–Crippen LogP) is 1.05. The number of carbonyl (C=O) groups is 1. The van der Waals surface area contributed by atoms with Crippen molar-refractivity contribution in [1.29, 1.82) is 0 Å². The van der Waals surface area contributed by atoms with Crippen LogP contribution in [0.25, 0.3) is 0 Å². The number of β-amino-alcohol motifs (C(OH)–C–C–N with tert-alkyl or cyclic N) is 1. The third kappa shape index (κ3) is 3.45. The topological polar surface area (TPSA) is 77.0 Å². The van der Waals surface area contributed by atoms with Crippen LogP contribution in [0.4, 0.5) is 18.9 Å². The molecule has 0 saturated carbocycles. The molecule has 0 aromatic heterocycles. The van der Waals surface area contributed by atoms with Crippen molar-refractivity contribution in [1.82, 2.24) is 10.9 Å². The molecule has 1 aromatic rings. The highest BCUT2D eigenvalue weighted by Gasteiger charge is 2.36. The number of nitrogens with one attached hydrogen (secondary N) is 2. The van der Waals surface area contributed by atoms with Gasteiger partial charge in [0.25, 0.3) is 5.91 Å². The Morgan fingerprint density at radius 1 is 1.29 bits per heavy atom. The molecule has 1 fully saturated rings. The molecule has 130 valence electrons. The van der Waals surface area contributed by atoms with E-state index in [9.17, 15) is 23.1 Å². The molecule has 1 amide bonds. The summed E-state index contributed by atoms with van der Waals surface area (Å²) in [6.07, 6.45) is -3.93. The van der Waals surface area contributed by atoms with Gasteiger partial charge >= 0.3 is 6.18 Å². The van der Waals surface area contributed by atoms with Crippen LogP contribution >= 0.6 is 0 Å². The standard InChI is InChI=1S/C15H17F3N4O2/c16-15(17,18)11-6-9(14-19-7-13(24)20-21-14)3-4-12(11)22-5-1-2-10(23)8-22/h3-4,6,10,23H,1-2,5,7-8H2,(H,19,21)(H,20,24)/t10-/m1/s1. The number of aliphatic hydroxyl groups is 1. The summed E-state index contributed by atoms with van der Waals surface area (Å²) in [6, 6.07) is 3.92. The zero-order valence-electron chi connectivity index (χ0n) is 12.7. The van der Waals surface area contributed by atoms with Crippen LogP contribution in [0.5, 0.6) is 0 Å². The highest BCUT2D eigenvalue weighted by molar-refractivity contribution is 6.03. The van der Waals surface area contributed by atoms with Crippen LogP contribution in [-0.4, -0.2) is 42.6 Å². The number of aliphatic imine (C=N–C) groups is 1. The van der Waals surface area contributed by atoms with Gasteiger partial charge in [0, 0.05) is 24.3 Å². The number of piperidine rings is 1. The van der Waals surface area contributed by atoms with E-state index in [1.807, 2.05) is 0 Å². The molecule has 3 N–H and O–H groups in total. The Labute approximate surface area is 136 Å². The fraction of sp³-hybridized carbons (Fsp3) is 0.467. The number of nitrogens with zero attached hydrogens (tertiary/aromatic N) is 2. The summed E-state index contributed by atoms with van der Waals surface area (Å²) in [5, 5.41) is 9.73. The Morgan fingerprint density at radius 3 is 2.71 bits per heavy atom. The van der Waals surface area contributed by atoms with Crippen molar-refractivity contribution in [3.8, 4) is 0 Å². The highest BCUT2D eigenvalue weighted by Crippen LogP contribution is 2.38. The third-order valence-electron chi connectivity index (χ3n) is 4.01. The van der Waals surface area contributed by atoms with Gasteiger partial charge in [-0.25, -0.2) is 0 Å². The fourth-order valence-electron chi connectivity index (χ4n) is 2.88. The smallest absolute Gasteiger partial charge is 0.391 e. The first kappa shape index (κ1) is 16.6. The third-order valence-corrected chi connectivity index (χ3v) is 4.01. The minimum Gasteiger partial charge on any atom is -0.391 e. The van der Waals surface area contributed by atoms with Crippen LogP contribution < -0.4 is 15.8 Å². The number of amidine groups is 1. The van der Waals surface area contributed by atoms with E-state index in [2.05, 4.69) is 15.8 Å². The lowest BCUT2D eigenvalue weighted by molar-refractivity contribution is -0.137. The van der Waals surface area contributed by atoms with E-state index < -0.39 is 17.8 Å². The summed E-state index contributed by atoms with van der Waals surface area (Å²) in [5.74, 6) is -0.168. The van der Waals surface area contributed by atoms with Crippen molar-refractivity contribution in [2.45, 2.75) is 25.1 Å². The van der Waals surface area contributed by atoms with Crippen LogP contribution in [0.3, 0.4) is 0 Å². The lowest BCUT2D eigenvalue weighted by Crippen LogP contribution is -2.47. The van der Waals surface area contributed by atoms with Crippen molar-refractivity contribution < 1.29 is 23.1 Å². The summed E-state index contributed by atoms with van der Waals surface area (Å²) in [4.78, 5) is 16.6. The van der Waals surface area contributed by atoms with E-state index in [0.717, 1.165) is 6.07 Å². The first-order chi connectivity index (χ1) is 11.3. The molecule has 2 aliphatic heterocycles. The second-order valence-corrected chi connectivity index (χ2v) is 5.81. The maximum absolute atomic E-state index is 13.5. The number of hydrogen-bond acceptors (Lipinski definition) is 5. The van der Waals surface area contributed by atoms with Crippen molar-refractivity contribution >= 4 is 17.4 Å². The van der Waals surface area contributed by atoms with Gasteiger partial charge in [0.15, 0.2) is 0 Å². The number of halogens is 3. The van der Waals surface area contributed by atoms with Crippen LogP contribution in [0.1, 0.15) is 24.0 Å². The zero-order chi connectivity index (χ0) is 17.3. The Hall–Kier alpha value is -2.29. The molecule has 1 atom stereocenters. The lowest BCUT2D eigenvalue weighted by atomic mass is 10.0. The minimum atomic E-state index is -4.54. The zero-order valence-corrected chi connectivity index (χ0v) is 12.7.